The van der Waals surface area contributed by atoms with Crippen molar-refractivity contribution in [3.63, 3.8) is 0 Å². The first-order valence-corrected chi connectivity index (χ1v) is 8.64. The molecule has 0 spiro atoms. The lowest BCUT2D eigenvalue weighted by Crippen LogP contribution is -2.24. The summed E-state index contributed by atoms with van der Waals surface area (Å²) in [4.78, 5) is 35.8. The lowest BCUT2D eigenvalue weighted by molar-refractivity contribution is -0.152. The Labute approximate surface area is 163 Å². The maximum atomic E-state index is 12.7. The van der Waals surface area contributed by atoms with Gasteiger partial charge in [0.15, 0.2) is 0 Å². The number of halogens is 2. The van der Waals surface area contributed by atoms with Crippen LogP contribution in [0.25, 0.3) is 5.52 Å². The Hall–Kier alpha value is -2.84. The number of anilines is 1. The lowest BCUT2D eigenvalue weighted by Gasteiger charge is -2.06. The number of rotatable bonds is 4. The van der Waals surface area contributed by atoms with Gasteiger partial charge in [0.1, 0.15) is 11.8 Å². The summed E-state index contributed by atoms with van der Waals surface area (Å²) < 4.78 is 7.33. The van der Waals surface area contributed by atoms with E-state index in [0.29, 0.717) is 10.0 Å². The Morgan fingerprint density at radius 2 is 2.00 bits per heavy atom. The number of carbonyl (C=O) groups excluding carboxylic acids is 2. The minimum absolute atomic E-state index is 0.0883. The van der Waals surface area contributed by atoms with Gasteiger partial charge in [0.05, 0.1) is 35.1 Å². The van der Waals surface area contributed by atoms with Crippen molar-refractivity contribution in [1.82, 2.24) is 14.2 Å². The minimum Gasteiger partial charge on any atom is -0.459 e. The van der Waals surface area contributed by atoms with Gasteiger partial charge in [-0.15, -0.1) is 0 Å². The molecule has 2 heterocycles. The minimum atomic E-state index is -1.00. The van der Waals surface area contributed by atoms with Gasteiger partial charge in [-0.2, -0.15) is 5.10 Å². The number of carbonyl (C=O) groups is 2. The number of esters is 1. The molecule has 0 saturated heterocycles. The monoisotopic (exact) mass is 408 g/mol. The number of nitrogens with one attached hydrogen (secondary N) is 1. The molecule has 2 aromatic heterocycles. The predicted molar refractivity (Wildman–Crippen MR) is 100 cm³/mol. The second kappa shape index (κ2) is 7.81. The zero-order valence-electron chi connectivity index (χ0n) is 14.1. The molecule has 0 fully saturated rings. The lowest BCUT2D eigenvalue weighted by atomic mass is 10.2. The maximum Gasteiger partial charge on any atom is 0.397 e. The number of ether oxygens (including phenoxy) is 1. The molecule has 8 nitrogen and oxygen atoms in total. The first-order valence-electron chi connectivity index (χ1n) is 7.89. The SMILES string of the molecule is CCOC(=O)C(=O)Nc1cc2c(=O)n(Cc3ccc(Cl)c(Cl)c3)cnn2c1. The summed E-state index contributed by atoms with van der Waals surface area (Å²) in [5.41, 5.74) is 0.939. The molecule has 0 unspecified atom stereocenters. The highest BCUT2D eigenvalue weighted by Gasteiger charge is 2.16. The van der Waals surface area contributed by atoms with Gasteiger partial charge in [0.2, 0.25) is 0 Å². The van der Waals surface area contributed by atoms with Crippen molar-refractivity contribution in [3.8, 4) is 0 Å². The number of hydrogen-bond acceptors (Lipinski definition) is 5. The summed E-state index contributed by atoms with van der Waals surface area (Å²) in [7, 11) is 0. The van der Waals surface area contributed by atoms with E-state index in [0.717, 1.165) is 5.56 Å². The number of amides is 1. The standard InChI is InChI=1S/C17H14Cl2N4O4/c1-2-27-17(26)15(24)21-11-6-14-16(25)22(9-20-23(14)8-11)7-10-3-4-12(18)13(19)5-10/h3-6,8-9H,2,7H2,1H3,(H,21,24). The fourth-order valence-electron chi connectivity index (χ4n) is 2.42. The molecule has 0 bridgehead atoms. The van der Waals surface area contributed by atoms with Crippen molar-refractivity contribution in [1.29, 1.82) is 0 Å². The molecular formula is C17H14Cl2N4O4. The molecule has 3 rings (SSSR count). The van der Waals surface area contributed by atoms with Crippen LogP contribution in [0.1, 0.15) is 12.5 Å². The topological polar surface area (TPSA) is 94.7 Å². The highest BCUT2D eigenvalue weighted by molar-refractivity contribution is 6.42. The number of fused-ring (bicyclic) bond motifs is 1. The predicted octanol–water partition coefficient (Wildman–Crippen LogP) is 2.35. The van der Waals surface area contributed by atoms with Crippen molar-refractivity contribution in [2.45, 2.75) is 13.5 Å². The Kier molecular flexibility index (Phi) is 5.48. The molecule has 0 aliphatic carbocycles. The Balaban J connectivity index is 1.86. The average Bonchev–Trinajstić information content (AvgIpc) is 3.04. The van der Waals surface area contributed by atoms with E-state index in [2.05, 4.69) is 15.2 Å². The largest absolute Gasteiger partial charge is 0.459 e. The van der Waals surface area contributed by atoms with Crippen LogP contribution in [0.4, 0.5) is 5.69 Å². The van der Waals surface area contributed by atoms with E-state index < -0.39 is 11.9 Å². The molecule has 0 radical (unpaired) electrons. The van der Waals surface area contributed by atoms with Crippen molar-refractivity contribution >= 4 is 46.3 Å². The first kappa shape index (κ1) is 18.9. The van der Waals surface area contributed by atoms with Crippen LogP contribution < -0.4 is 10.9 Å². The highest BCUT2D eigenvalue weighted by atomic mass is 35.5. The van der Waals surface area contributed by atoms with Crippen LogP contribution in [0.3, 0.4) is 0 Å². The quantitative estimate of drug-likeness (QED) is 0.528. The number of nitrogens with zero attached hydrogens (tertiary/aromatic N) is 3. The molecule has 0 aliphatic heterocycles. The molecule has 3 aromatic rings. The number of hydrogen-bond donors (Lipinski definition) is 1. The third-order valence-corrected chi connectivity index (χ3v) is 4.39. The van der Waals surface area contributed by atoms with Gasteiger partial charge in [-0.25, -0.2) is 9.31 Å². The van der Waals surface area contributed by atoms with Crippen molar-refractivity contribution in [2.24, 2.45) is 0 Å². The van der Waals surface area contributed by atoms with Gasteiger partial charge >= 0.3 is 11.9 Å². The van der Waals surface area contributed by atoms with Gasteiger partial charge in [-0.1, -0.05) is 29.3 Å². The maximum absolute atomic E-state index is 12.7. The second-order valence-electron chi connectivity index (χ2n) is 5.55. The van der Waals surface area contributed by atoms with E-state index in [4.69, 9.17) is 23.2 Å². The van der Waals surface area contributed by atoms with Gasteiger partial charge in [0.25, 0.3) is 5.56 Å². The number of benzene rings is 1. The first-order chi connectivity index (χ1) is 12.9. The fraction of sp³-hybridized carbons (Fsp3) is 0.176. The molecule has 0 saturated carbocycles. The summed E-state index contributed by atoms with van der Waals surface area (Å²) in [6.07, 6.45) is 2.80. The Morgan fingerprint density at radius 3 is 2.70 bits per heavy atom. The molecule has 140 valence electrons. The summed E-state index contributed by atoms with van der Waals surface area (Å²) in [6, 6.07) is 6.51. The van der Waals surface area contributed by atoms with Crippen LogP contribution in [0, 0.1) is 0 Å². The Bertz CT molecular complexity index is 1090. The fourth-order valence-corrected chi connectivity index (χ4v) is 2.74. The smallest absolute Gasteiger partial charge is 0.397 e. The van der Waals surface area contributed by atoms with Gasteiger partial charge in [0, 0.05) is 0 Å². The van der Waals surface area contributed by atoms with Gasteiger partial charge < -0.3 is 10.1 Å². The van der Waals surface area contributed by atoms with E-state index in [1.165, 1.54) is 27.7 Å². The van der Waals surface area contributed by atoms with Gasteiger partial charge in [-0.05, 0) is 30.7 Å². The molecule has 10 heteroatoms. The summed E-state index contributed by atoms with van der Waals surface area (Å²) in [6.45, 7) is 1.93. The molecule has 0 atom stereocenters. The van der Waals surface area contributed by atoms with Crippen LogP contribution in [0.5, 0.6) is 0 Å². The zero-order chi connectivity index (χ0) is 19.6. The second-order valence-corrected chi connectivity index (χ2v) is 6.36. The van der Waals surface area contributed by atoms with Crippen LogP contribution in [0.2, 0.25) is 10.0 Å². The van der Waals surface area contributed by atoms with Crippen molar-refractivity contribution < 1.29 is 14.3 Å². The normalized spacial score (nSPS) is 10.8. The molecule has 0 aliphatic rings. The van der Waals surface area contributed by atoms with Crippen LogP contribution >= 0.6 is 23.2 Å². The van der Waals surface area contributed by atoms with Crippen molar-refractivity contribution in [2.75, 3.05) is 11.9 Å². The van der Waals surface area contributed by atoms with Crippen molar-refractivity contribution in [3.05, 3.63) is 62.8 Å². The van der Waals surface area contributed by atoms with Crippen LogP contribution in [-0.2, 0) is 20.9 Å². The zero-order valence-corrected chi connectivity index (χ0v) is 15.6. The van der Waals surface area contributed by atoms with Crippen LogP contribution in [0.15, 0.2) is 41.6 Å². The summed E-state index contributed by atoms with van der Waals surface area (Å²) in [5.74, 6) is -1.93. The molecule has 1 amide bonds. The summed E-state index contributed by atoms with van der Waals surface area (Å²) in [5, 5.41) is 7.33. The van der Waals surface area contributed by atoms with E-state index in [-0.39, 0.29) is 29.9 Å². The van der Waals surface area contributed by atoms with E-state index in [1.807, 2.05) is 0 Å². The molecular weight excluding hydrogens is 395 g/mol. The molecule has 1 aromatic carbocycles. The molecule has 27 heavy (non-hydrogen) atoms. The average molecular weight is 409 g/mol. The van der Waals surface area contributed by atoms with E-state index >= 15 is 0 Å². The third kappa shape index (κ3) is 4.12. The van der Waals surface area contributed by atoms with Gasteiger partial charge in [-0.3, -0.25) is 14.2 Å². The van der Waals surface area contributed by atoms with Crippen LogP contribution in [-0.4, -0.2) is 32.7 Å². The number of aromatic nitrogens is 3. The molecule has 1 N–H and O–H groups in total. The van der Waals surface area contributed by atoms with E-state index in [9.17, 15) is 14.4 Å². The van der Waals surface area contributed by atoms with E-state index in [1.54, 1.807) is 25.1 Å². The highest BCUT2D eigenvalue weighted by Crippen LogP contribution is 2.22. The Morgan fingerprint density at radius 1 is 1.22 bits per heavy atom. The summed E-state index contributed by atoms with van der Waals surface area (Å²) >= 11 is 11.9. The third-order valence-electron chi connectivity index (χ3n) is 3.65.